The van der Waals surface area contributed by atoms with E-state index in [1.165, 1.54) is 17.5 Å². The van der Waals surface area contributed by atoms with E-state index in [1.54, 1.807) is 0 Å². The first kappa shape index (κ1) is 10.6. The van der Waals surface area contributed by atoms with Crippen LogP contribution in [0.5, 0.6) is 5.75 Å². The predicted molar refractivity (Wildman–Crippen MR) is 67.7 cm³/mol. The number of halogens is 1. The van der Waals surface area contributed by atoms with Crippen LogP contribution in [0, 0.1) is 0 Å². The Kier molecular flexibility index (Phi) is 2.30. The molecule has 0 radical (unpaired) electrons. The SMILES string of the molecule is CC1Cc2cc(Br)cc(C3(N)CCC3)c2O1. The first-order chi connectivity index (χ1) is 7.58. The lowest BCUT2D eigenvalue weighted by molar-refractivity contribution is 0.219. The average molecular weight is 282 g/mol. The maximum atomic E-state index is 6.41. The van der Waals surface area contributed by atoms with E-state index in [2.05, 4.69) is 35.0 Å². The van der Waals surface area contributed by atoms with Crippen LogP contribution >= 0.6 is 15.9 Å². The lowest BCUT2D eigenvalue weighted by atomic mass is 9.72. The Bertz CT molecular complexity index is 440. The van der Waals surface area contributed by atoms with Crippen LogP contribution in [0.15, 0.2) is 16.6 Å². The van der Waals surface area contributed by atoms with Crippen molar-refractivity contribution in [2.75, 3.05) is 0 Å². The highest BCUT2D eigenvalue weighted by molar-refractivity contribution is 9.10. The Labute approximate surface area is 104 Å². The predicted octanol–water partition coefficient (Wildman–Crippen LogP) is 3.11. The van der Waals surface area contributed by atoms with Gasteiger partial charge in [-0.25, -0.2) is 0 Å². The molecule has 1 unspecified atom stereocenters. The molecule has 3 heteroatoms. The van der Waals surface area contributed by atoms with Crippen LogP contribution in [0.4, 0.5) is 0 Å². The third kappa shape index (κ3) is 1.49. The van der Waals surface area contributed by atoms with Crippen LogP contribution in [0.25, 0.3) is 0 Å². The fourth-order valence-corrected chi connectivity index (χ4v) is 3.20. The van der Waals surface area contributed by atoms with Gasteiger partial charge in [0.1, 0.15) is 11.9 Å². The van der Waals surface area contributed by atoms with E-state index in [4.69, 9.17) is 10.5 Å². The highest BCUT2D eigenvalue weighted by Crippen LogP contribution is 2.47. The summed E-state index contributed by atoms with van der Waals surface area (Å²) in [6.45, 7) is 2.11. The van der Waals surface area contributed by atoms with Crippen LogP contribution < -0.4 is 10.5 Å². The summed E-state index contributed by atoms with van der Waals surface area (Å²) >= 11 is 3.57. The smallest absolute Gasteiger partial charge is 0.128 e. The van der Waals surface area contributed by atoms with Crippen molar-refractivity contribution in [3.05, 3.63) is 27.7 Å². The van der Waals surface area contributed by atoms with Gasteiger partial charge in [0.2, 0.25) is 0 Å². The Balaban J connectivity index is 2.11. The zero-order valence-electron chi connectivity index (χ0n) is 9.42. The molecule has 1 aliphatic heterocycles. The highest BCUT2D eigenvalue weighted by Gasteiger charge is 2.39. The number of nitrogens with two attached hydrogens (primary N) is 1. The number of benzene rings is 1. The average Bonchev–Trinajstić information content (AvgIpc) is 2.53. The van der Waals surface area contributed by atoms with E-state index in [1.807, 2.05) is 0 Å². The molecule has 1 aliphatic carbocycles. The molecular formula is C13H16BrNO. The largest absolute Gasteiger partial charge is 0.490 e. The monoisotopic (exact) mass is 281 g/mol. The molecule has 0 spiro atoms. The van der Waals surface area contributed by atoms with Crippen LogP contribution in [0.3, 0.4) is 0 Å². The molecule has 1 aromatic rings. The molecule has 0 aromatic heterocycles. The van der Waals surface area contributed by atoms with E-state index in [-0.39, 0.29) is 11.6 Å². The maximum absolute atomic E-state index is 6.41. The van der Waals surface area contributed by atoms with Gasteiger partial charge in [-0.05, 0) is 43.9 Å². The van der Waals surface area contributed by atoms with Crippen molar-refractivity contribution in [3.63, 3.8) is 0 Å². The zero-order chi connectivity index (χ0) is 11.3. The summed E-state index contributed by atoms with van der Waals surface area (Å²) in [5, 5.41) is 0. The molecule has 16 heavy (non-hydrogen) atoms. The first-order valence-corrected chi connectivity index (χ1v) is 6.66. The third-order valence-corrected chi connectivity index (χ3v) is 4.20. The van der Waals surface area contributed by atoms with Gasteiger partial charge in [-0.15, -0.1) is 0 Å². The van der Waals surface area contributed by atoms with Crippen molar-refractivity contribution >= 4 is 15.9 Å². The molecule has 86 valence electrons. The topological polar surface area (TPSA) is 35.2 Å². The van der Waals surface area contributed by atoms with Crippen molar-refractivity contribution in [1.82, 2.24) is 0 Å². The van der Waals surface area contributed by atoms with Crippen LogP contribution in [-0.4, -0.2) is 6.10 Å². The molecular weight excluding hydrogens is 266 g/mol. The Morgan fingerprint density at radius 3 is 2.81 bits per heavy atom. The minimum absolute atomic E-state index is 0.141. The summed E-state index contributed by atoms with van der Waals surface area (Å²) in [7, 11) is 0. The highest BCUT2D eigenvalue weighted by atomic mass is 79.9. The van der Waals surface area contributed by atoms with E-state index in [0.29, 0.717) is 0 Å². The van der Waals surface area contributed by atoms with Gasteiger partial charge in [0.15, 0.2) is 0 Å². The summed E-state index contributed by atoms with van der Waals surface area (Å²) in [5.74, 6) is 1.05. The van der Waals surface area contributed by atoms with Crippen molar-refractivity contribution in [1.29, 1.82) is 0 Å². The van der Waals surface area contributed by atoms with Crippen molar-refractivity contribution in [2.45, 2.75) is 44.2 Å². The van der Waals surface area contributed by atoms with E-state index < -0.39 is 0 Å². The Morgan fingerprint density at radius 2 is 2.19 bits per heavy atom. The molecule has 0 bridgehead atoms. The van der Waals surface area contributed by atoms with E-state index >= 15 is 0 Å². The molecule has 1 heterocycles. The lowest BCUT2D eigenvalue weighted by Gasteiger charge is -2.39. The zero-order valence-corrected chi connectivity index (χ0v) is 11.0. The molecule has 1 atom stereocenters. The lowest BCUT2D eigenvalue weighted by Crippen LogP contribution is -2.43. The van der Waals surface area contributed by atoms with Crippen LogP contribution in [0.2, 0.25) is 0 Å². The van der Waals surface area contributed by atoms with Gasteiger partial charge in [0, 0.05) is 22.0 Å². The quantitative estimate of drug-likeness (QED) is 0.859. The molecule has 0 saturated heterocycles. The maximum Gasteiger partial charge on any atom is 0.128 e. The second-order valence-corrected chi connectivity index (χ2v) is 6.00. The van der Waals surface area contributed by atoms with Gasteiger partial charge < -0.3 is 10.5 Å². The van der Waals surface area contributed by atoms with Crippen molar-refractivity contribution in [3.8, 4) is 5.75 Å². The second kappa shape index (κ2) is 3.47. The number of hydrogen-bond donors (Lipinski definition) is 1. The van der Waals surface area contributed by atoms with E-state index in [0.717, 1.165) is 29.5 Å². The van der Waals surface area contributed by atoms with Gasteiger partial charge >= 0.3 is 0 Å². The van der Waals surface area contributed by atoms with Crippen LogP contribution in [-0.2, 0) is 12.0 Å². The summed E-state index contributed by atoms with van der Waals surface area (Å²) in [6, 6.07) is 4.29. The molecule has 1 aromatic carbocycles. The minimum Gasteiger partial charge on any atom is -0.490 e. The second-order valence-electron chi connectivity index (χ2n) is 5.08. The molecule has 2 N–H and O–H groups in total. The van der Waals surface area contributed by atoms with Gasteiger partial charge in [-0.3, -0.25) is 0 Å². The summed E-state index contributed by atoms with van der Waals surface area (Å²) in [5.41, 5.74) is 8.77. The van der Waals surface area contributed by atoms with Crippen LogP contribution in [0.1, 0.15) is 37.3 Å². The first-order valence-electron chi connectivity index (χ1n) is 5.87. The standard InChI is InChI=1S/C13H16BrNO/c1-8-5-9-6-10(14)7-11(12(9)16-8)13(15)3-2-4-13/h6-8H,2-5,15H2,1H3. The molecule has 2 nitrogen and oxygen atoms in total. The molecule has 1 saturated carbocycles. The third-order valence-electron chi connectivity index (χ3n) is 3.74. The summed E-state index contributed by atoms with van der Waals surface area (Å²) in [6.07, 6.45) is 4.67. The Morgan fingerprint density at radius 1 is 1.44 bits per heavy atom. The van der Waals surface area contributed by atoms with Crippen molar-refractivity contribution < 1.29 is 4.74 Å². The van der Waals surface area contributed by atoms with Gasteiger partial charge in [-0.2, -0.15) is 0 Å². The summed E-state index contributed by atoms with van der Waals surface area (Å²) in [4.78, 5) is 0. The number of rotatable bonds is 1. The van der Waals surface area contributed by atoms with Gasteiger partial charge in [0.25, 0.3) is 0 Å². The molecule has 1 fully saturated rings. The van der Waals surface area contributed by atoms with Crippen molar-refractivity contribution in [2.24, 2.45) is 5.73 Å². The van der Waals surface area contributed by atoms with Gasteiger partial charge in [0.05, 0.1) is 0 Å². The van der Waals surface area contributed by atoms with E-state index in [9.17, 15) is 0 Å². The molecule has 0 amide bonds. The minimum atomic E-state index is -0.141. The normalized spacial score (nSPS) is 25.8. The molecule has 2 aliphatic rings. The number of ether oxygens (including phenoxy) is 1. The number of hydrogen-bond acceptors (Lipinski definition) is 2. The summed E-state index contributed by atoms with van der Waals surface area (Å²) < 4.78 is 7.04. The molecule has 3 rings (SSSR count). The number of fused-ring (bicyclic) bond motifs is 1. The Hall–Kier alpha value is -0.540. The van der Waals surface area contributed by atoms with Gasteiger partial charge in [-0.1, -0.05) is 15.9 Å². The fraction of sp³-hybridized carbons (Fsp3) is 0.538. The fourth-order valence-electron chi connectivity index (χ4n) is 2.69.